The Morgan fingerprint density at radius 1 is 0.235 bits per heavy atom. The maximum Gasteiger partial charge on any atom is 0.0468 e. The van der Waals surface area contributed by atoms with Crippen LogP contribution in [0.4, 0.5) is 17.1 Å². The molecule has 0 fully saturated rings. The van der Waals surface area contributed by atoms with Crippen molar-refractivity contribution in [2.45, 2.75) is 0 Å². The standard InChI is InChI=1S/C50H35N/c1-4-12-36(13-5-1)37-20-22-38(23-21-37)39-26-29-44(30-27-39)51(45-31-28-43-25-24-42-18-10-11-19-47(42)50(43)34-45)46-32-33-48(40-14-6-2-7-15-40)49(35-46)41-16-8-3-9-17-41/h1-35H. The number of nitrogens with zero attached hydrogens (tertiary/aromatic N) is 1. The predicted molar refractivity (Wildman–Crippen MR) is 218 cm³/mol. The van der Waals surface area contributed by atoms with Gasteiger partial charge in [-0.3, -0.25) is 0 Å². The summed E-state index contributed by atoms with van der Waals surface area (Å²) in [7, 11) is 0. The molecule has 0 spiro atoms. The quantitative estimate of drug-likeness (QED) is 0.155. The lowest BCUT2D eigenvalue weighted by atomic mass is 9.93. The fourth-order valence-electron chi connectivity index (χ4n) is 7.26. The summed E-state index contributed by atoms with van der Waals surface area (Å²) in [6.45, 7) is 0. The molecule has 0 amide bonds. The Bertz CT molecular complexity index is 2590. The summed E-state index contributed by atoms with van der Waals surface area (Å²) in [6, 6.07) is 76.7. The van der Waals surface area contributed by atoms with Gasteiger partial charge < -0.3 is 4.90 Å². The fourth-order valence-corrected chi connectivity index (χ4v) is 7.26. The van der Waals surface area contributed by atoms with E-state index in [0.29, 0.717) is 0 Å². The minimum Gasteiger partial charge on any atom is -0.310 e. The monoisotopic (exact) mass is 649 g/mol. The van der Waals surface area contributed by atoms with E-state index in [4.69, 9.17) is 0 Å². The molecule has 9 rings (SSSR count). The van der Waals surface area contributed by atoms with Crippen LogP contribution in [0.25, 0.3) is 66.1 Å². The van der Waals surface area contributed by atoms with E-state index >= 15 is 0 Å². The zero-order valence-electron chi connectivity index (χ0n) is 28.2. The molecule has 240 valence electrons. The number of anilines is 3. The van der Waals surface area contributed by atoms with Gasteiger partial charge in [0.25, 0.3) is 0 Å². The lowest BCUT2D eigenvalue weighted by Gasteiger charge is -2.27. The predicted octanol–water partition coefficient (Wildman–Crippen LogP) is 14.1. The molecule has 0 atom stereocenters. The van der Waals surface area contributed by atoms with Gasteiger partial charge in [-0.1, -0.05) is 176 Å². The van der Waals surface area contributed by atoms with Crippen LogP contribution < -0.4 is 4.90 Å². The molecular weight excluding hydrogens is 615 g/mol. The summed E-state index contributed by atoms with van der Waals surface area (Å²) in [5.74, 6) is 0. The Morgan fingerprint density at radius 3 is 1.27 bits per heavy atom. The Morgan fingerprint density at radius 2 is 0.647 bits per heavy atom. The highest BCUT2D eigenvalue weighted by Gasteiger charge is 2.17. The second-order valence-corrected chi connectivity index (χ2v) is 13.0. The number of rotatable bonds is 7. The number of fused-ring (bicyclic) bond motifs is 3. The van der Waals surface area contributed by atoms with Crippen LogP contribution in [-0.2, 0) is 0 Å². The third-order valence-corrected chi connectivity index (χ3v) is 9.87. The molecule has 0 aromatic heterocycles. The number of benzene rings is 9. The summed E-state index contributed by atoms with van der Waals surface area (Å²) in [5.41, 5.74) is 13.0. The van der Waals surface area contributed by atoms with E-state index in [1.54, 1.807) is 0 Å². The van der Waals surface area contributed by atoms with Crippen LogP contribution in [0.3, 0.4) is 0 Å². The highest BCUT2D eigenvalue weighted by atomic mass is 15.1. The summed E-state index contributed by atoms with van der Waals surface area (Å²) in [4.78, 5) is 2.39. The van der Waals surface area contributed by atoms with Crippen LogP contribution >= 0.6 is 0 Å². The first-order valence-corrected chi connectivity index (χ1v) is 17.5. The van der Waals surface area contributed by atoms with Crippen molar-refractivity contribution in [3.8, 4) is 44.5 Å². The van der Waals surface area contributed by atoms with E-state index in [0.717, 1.165) is 17.1 Å². The molecule has 0 bridgehead atoms. The Balaban J connectivity index is 1.19. The van der Waals surface area contributed by atoms with Crippen molar-refractivity contribution in [1.82, 2.24) is 0 Å². The van der Waals surface area contributed by atoms with Gasteiger partial charge >= 0.3 is 0 Å². The van der Waals surface area contributed by atoms with Crippen LogP contribution in [0, 0.1) is 0 Å². The van der Waals surface area contributed by atoms with Gasteiger partial charge in [-0.2, -0.15) is 0 Å². The van der Waals surface area contributed by atoms with Crippen molar-refractivity contribution >= 4 is 38.6 Å². The minimum atomic E-state index is 1.10. The molecule has 0 aliphatic carbocycles. The molecule has 9 aromatic carbocycles. The Hall–Kier alpha value is -6.70. The molecule has 0 heterocycles. The van der Waals surface area contributed by atoms with Gasteiger partial charge in [0.15, 0.2) is 0 Å². The highest BCUT2D eigenvalue weighted by molar-refractivity contribution is 6.09. The van der Waals surface area contributed by atoms with Gasteiger partial charge in [-0.15, -0.1) is 0 Å². The van der Waals surface area contributed by atoms with Gasteiger partial charge in [0, 0.05) is 17.1 Å². The van der Waals surface area contributed by atoms with E-state index in [1.807, 2.05) is 0 Å². The van der Waals surface area contributed by atoms with E-state index in [2.05, 4.69) is 217 Å². The maximum atomic E-state index is 2.39. The largest absolute Gasteiger partial charge is 0.310 e. The van der Waals surface area contributed by atoms with E-state index in [1.165, 1.54) is 66.1 Å². The van der Waals surface area contributed by atoms with E-state index < -0.39 is 0 Å². The molecular formula is C50H35N. The van der Waals surface area contributed by atoms with Gasteiger partial charge in [0.1, 0.15) is 0 Å². The third kappa shape index (κ3) is 5.96. The Labute approximate surface area is 299 Å². The van der Waals surface area contributed by atoms with Crippen LogP contribution in [0.15, 0.2) is 212 Å². The van der Waals surface area contributed by atoms with E-state index in [-0.39, 0.29) is 0 Å². The normalized spacial score (nSPS) is 11.1. The molecule has 51 heavy (non-hydrogen) atoms. The summed E-state index contributed by atoms with van der Waals surface area (Å²) >= 11 is 0. The first-order valence-electron chi connectivity index (χ1n) is 17.5. The molecule has 0 N–H and O–H groups in total. The van der Waals surface area contributed by atoms with Gasteiger partial charge in [-0.05, 0) is 102 Å². The summed E-state index contributed by atoms with van der Waals surface area (Å²) in [5, 5.41) is 4.98. The molecule has 0 unspecified atom stereocenters. The van der Waals surface area contributed by atoms with Gasteiger partial charge in [-0.25, -0.2) is 0 Å². The van der Waals surface area contributed by atoms with Crippen molar-refractivity contribution in [2.24, 2.45) is 0 Å². The first kappa shape index (κ1) is 30.4. The SMILES string of the molecule is c1ccc(-c2ccc(-c3ccc(N(c4ccc(-c5ccccc5)c(-c5ccccc5)c4)c4ccc5ccc6ccccc6c5c4)cc3)cc2)cc1. The van der Waals surface area contributed by atoms with Crippen molar-refractivity contribution in [1.29, 1.82) is 0 Å². The second-order valence-electron chi connectivity index (χ2n) is 13.0. The van der Waals surface area contributed by atoms with Crippen molar-refractivity contribution in [3.05, 3.63) is 212 Å². The number of hydrogen-bond donors (Lipinski definition) is 0. The summed E-state index contributed by atoms with van der Waals surface area (Å²) < 4.78 is 0. The van der Waals surface area contributed by atoms with Crippen LogP contribution in [0.2, 0.25) is 0 Å². The molecule has 0 saturated carbocycles. The van der Waals surface area contributed by atoms with Crippen LogP contribution in [0.5, 0.6) is 0 Å². The zero-order chi connectivity index (χ0) is 34.0. The lowest BCUT2D eigenvalue weighted by molar-refractivity contribution is 1.29. The van der Waals surface area contributed by atoms with Crippen molar-refractivity contribution < 1.29 is 0 Å². The van der Waals surface area contributed by atoms with Gasteiger partial charge in [0.2, 0.25) is 0 Å². The second kappa shape index (κ2) is 13.3. The zero-order valence-corrected chi connectivity index (χ0v) is 28.2. The molecule has 0 aliphatic heterocycles. The van der Waals surface area contributed by atoms with Crippen LogP contribution in [0.1, 0.15) is 0 Å². The lowest BCUT2D eigenvalue weighted by Crippen LogP contribution is -2.10. The average molecular weight is 650 g/mol. The maximum absolute atomic E-state index is 2.39. The topological polar surface area (TPSA) is 3.24 Å². The average Bonchev–Trinajstić information content (AvgIpc) is 3.22. The number of hydrogen-bond acceptors (Lipinski definition) is 1. The summed E-state index contributed by atoms with van der Waals surface area (Å²) in [6.07, 6.45) is 0. The molecule has 0 saturated heterocycles. The van der Waals surface area contributed by atoms with E-state index in [9.17, 15) is 0 Å². The van der Waals surface area contributed by atoms with Crippen LogP contribution in [-0.4, -0.2) is 0 Å². The van der Waals surface area contributed by atoms with Crippen molar-refractivity contribution in [3.63, 3.8) is 0 Å². The fraction of sp³-hybridized carbons (Fsp3) is 0. The Kier molecular flexibility index (Phi) is 7.92. The van der Waals surface area contributed by atoms with Crippen molar-refractivity contribution in [2.75, 3.05) is 4.90 Å². The van der Waals surface area contributed by atoms with Gasteiger partial charge in [0.05, 0.1) is 0 Å². The molecule has 1 nitrogen and oxygen atoms in total. The third-order valence-electron chi connectivity index (χ3n) is 9.87. The molecule has 0 radical (unpaired) electrons. The molecule has 0 aliphatic rings. The minimum absolute atomic E-state index is 1.10. The molecule has 1 heteroatoms. The smallest absolute Gasteiger partial charge is 0.0468 e. The first-order chi connectivity index (χ1) is 25.3. The molecule has 9 aromatic rings. The highest BCUT2D eigenvalue weighted by Crippen LogP contribution is 2.42.